The van der Waals surface area contributed by atoms with Crippen molar-refractivity contribution in [3.8, 4) is 0 Å². The van der Waals surface area contributed by atoms with Crippen molar-refractivity contribution in [3.63, 3.8) is 0 Å². The lowest BCUT2D eigenvalue weighted by atomic mass is 10.1. The molecule has 1 aliphatic rings. The molecule has 0 fully saturated rings. The predicted molar refractivity (Wildman–Crippen MR) is 154 cm³/mol. The molecule has 0 aliphatic carbocycles. The summed E-state index contributed by atoms with van der Waals surface area (Å²) >= 11 is 0. The maximum atomic E-state index is 13.0. The number of anilines is 2. The molecule has 0 saturated carbocycles. The smallest absolute Gasteiger partial charge is 0.329 e. The Bertz CT molecular complexity index is 1070. The lowest BCUT2D eigenvalue weighted by Crippen LogP contribution is -2.41. The Morgan fingerprint density at radius 2 is 1.90 bits per heavy atom. The van der Waals surface area contributed by atoms with Gasteiger partial charge in [0, 0.05) is 51.2 Å². The van der Waals surface area contributed by atoms with Gasteiger partial charge in [-0.05, 0) is 90.0 Å². The first-order valence-electron chi connectivity index (χ1n) is 14.1. The first-order chi connectivity index (χ1) is 18.6. The summed E-state index contributed by atoms with van der Waals surface area (Å²) in [5, 5.41) is 9.46. The Morgan fingerprint density at radius 3 is 2.62 bits per heavy atom. The number of hydrogen-bond donors (Lipinski definition) is 3. The molecule has 3 heterocycles. The number of carbonyl (C=O) groups is 2. The number of unbranched alkanes of at least 4 members (excludes halogenated alkanes) is 1. The molecule has 0 spiro atoms. The van der Waals surface area contributed by atoms with Crippen LogP contribution in [0.4, 0.5) is 11.8 Å². The zero-order valence-corrected chi connectivity index (χ0v) is 24.2. The minimum Gasteiger partial charge on any atom is -0.458 e. The van der Waals surface area contributed by atoms with Gasteiger partial charge in [-0.3, -0.25) is 4.79 Å². The van der Waals surface area contributed by atoms with Gasteiger partial charge in [0.1, 0.15) is 17.5 Å². The van der Waals surface area contributed by atoms with Gasteiger partial charge in [-0.15, -0.1) is 0 Å². The highest BCUT2D eigenvalue weighted by atomic mass is 16.6. The van der Waals surface area contributed by atoms with Crippen molar-refractivity contribution in [1.82, 2.24) is 25.2 Å². The maximum Gasteiger partial charge on any atom is 0.329 e. The van der Waals surface area contributed by atoms with Crippen molar-refractivity contribution in [3.05, 3.63) is 41.3 Å². The van der Waals surface area contributed by atoms with Crippen LogP contribution in [0.15, 0.2) is 24.5 Å². The molecular weight excluding hydrogens is 494 g/mol. The molecule has 0 aromatic carbocycles. The Hall–Kier alpha value is -3.27. The van der Waals surface area contributed by atoms with Crippen molar-refractivity contribution in [2.75, 3.05) is 43.4 Å². The number of hydrogen-bond acceptors (Lipinski definition) is 9. The van der Waals surface area contributed by atoms with Crippen molar-refractivity contribution >= 4 is 23.6 Å². The number of esters is 1. The summed E-state index contributed by atoms with van der Waals surface area (Å²) in [5.74, 6) is 1.05. The number of nitrogens with zero attached hydrogens (tertiary/aromatic N) is 4. The van der Waals surface area contributed by atoms with Gasteiger partial charge in [-0.2, -0.15) is 0 Å². The van der Waals surface area contributed by atoms with E-state index in [0.717, 1.165) is 62.3 Å². The maximum absolute atomic E-state index is 13.0. The van der Waals surface area contributed by atoms with Crippen LogP contribution in [-0.4, -0.2) is 76.1 Å². The summed E-state index contributed by atoms with van der Waals surface area (Å²) in [5.41, 5.74) is 2.76. The van der Waals surface area contributed by atoms with Crippen molar-refractivity contribution in [1.29, 1.82) is 0 Å². The van der Waals surface area contributed by atoms with Crippen LogP contribution >= 0.6 is 0 Å². The van der Waals surface area contributed by atoms with E-state index in [-0.39, 0.29) is 11.9 Å². The number of carbonyl (C=O) groups excluding carboxylic acids is 2. The lowest BCUT2D eigenvalue weighted by Gasteiger charge is -2.27. The van der Waals surface area contributed by atoms with Gasteiger partial charge < -0.3 is 25.6 Å². The number of aromatic nitrogens is 3. The number of rotatable bonds is 14. The molecule has 3 N–H and O–H groups in total. The highest BCUT2D eigenvalue weighted by molar-refractivity contribution is 5.79. The molecule has 2 aromatic heterocycles. The average molecular weight is 540 g/mol. The van der Waals surface area contributed by atoms with Crippen molar-refractivity contribution < 1.29 is 14.3 Å². The van der Waals surface area contributed by atoms with E-state index in [1.807, 2.05) is 27.7 Å². The van der Waals surface area contributed by atoms with Gasteiger partial charge in [0.05, 0.1) is 0 Å². The first-order valence-corrected chi connectivity index (χ1v) is 14.1. The first kappa shape index (κ1) is 30.3. The quantitative estimate of drug-likeness (QED) is 0.245. The van der Waals surface area contributed by atoms with E-state index in [9.17, 15) is 9.59 Å². The monoisotopic (exact) mass is 539 g/mol. The van der Waals surface area contributed by atoms with Crippen molar-refractivity contribution in [2.45, 2.75) is 84.8 Å². The molecule has 1 amide bonds. The minimum atomic E-state index is -0.601. The Kier molecular flexibility index (Phi) is 11.5. The molecule has 0 radical (unpaired) electrons. The summed E-state index contributed by atoms with van der Waals surface area (Å²) in [4.78, 5) is 40.2. The van der Waals surface area contributed by atoms with E-state index >= 15 is 0 Å². The van der Waals surface area contributed by atoms with Gasteiger partial charge >= 0.3 is 5.97 Å². The molecule has 0 unspecified atom stereocenters. The number of nitrogens with one attached hydrogen (secondary N) is 3. The van der Waals surface area contributed by atoms with E-state index in [1.54, 1.807) is 12.4 Å². The predicted octanol–water partition coefficient (Wildman–Crippen LogP) is 3.51. The molecule has 214 valence electrons. The summed E-state index contributed by atoms with van der Waals surface area (Å²) in [6.07, 6.45) is 9.11. The van der Waals surface area contributed by atoms with Crippen LogP contribution in [-0.2, 0) is 27.2 Å². The molecule has 0 bridgehead atoms. The van der Waals surface area contributed by atoms with Gasteiger partial charge in [-0.25, -0.2) is 19.7 Å². The fourth-order valence-corrected chi connectivity index (χ4v) is 4.43. The zero-order valence-electron chi connectivity index (χ0n) is 24.2. The van der Waals surface area contributed by atoms with Crippen LogP contribution in [0.25, 0.3) is 0 Å². The van der Waals surface area contributed by atoms with Gasteiger partial charge in [0.2, 0.25) is 11.9 Å². The lowest BCUT2D eigenvalue weighted by molar-refractivity contribution is -0.156. The molecule has 2 aromatic rings. The number of fused-ring (bicyclic) bond motifs is 1. The van der Waals surface area contributed by atoms with Crippen LogP contribution in [0.5, 0.6) is 0 Å². The second-order valence-corrected chi connectivity index (χ2v) is 11.2. The topological polar surface area (TPSA) is 121 Å². The van der Waals surface area contributed by atoms with Crippen molar-refractivity contribution in [2.24, 2.45) is 0 Å². The third-order valence-corrected chi connectivity index (χ3v) is 6.42. The molecule has 1 aliphatic heterocycles. The van der Waals surface area contributed by atoms with Crippen LogP contribution in [0.1, 0.15) is 70.2 Å². The largest absolute Gasteiger partial charge is 0.458 e. The number of pyridine rings is 1. The third kappa shape index (κ3) is 11.2. The third-order valence-electron chi connectivity index (χ3n) is 6.42. The number of aryl methyl sites for hydroxylation is 3. The molecule has 1 atom stereocenters. The highest BCUT2D eigenvalue weighted by Gasteiger charge is 2.26. The second-order valence-electron chi connectivity index (χ2n) is 11.2. The summed E-state index contributed by atoms with van der Waals surface area (Å²) in [7, 11) is 0. The normalized spacial score (nSPS) is 13.8. The molecule has 3 rings (SSSR count). The van der Waals surface area contributed by atoms with E-state index < -0.39 is 11.6 Å². The van der Waals surface area contributed by atoms with E-state index in [2.05, 4.69) is 43.0 Å². The molecule has 10 heteroatoms. The van der Waals surface area contributed by atoms with E-state index in [1.165, 1.54) is 12.5 Å². The molecule has 10 nitrogen and oxygen atoms in total. The van der Waals surface area contributed by atoms with Gasteiger partial charge in [0.15, 0.2) is 0 Å². The molecule has 0 saturated heterocycles. The molecular formula is C29H45N7O3. The number of amides is 1. The molecule has 39 heavy (non-hydrogen) atoms. The Morgan fingerprint density at radius 1 is 1.13 bits per heavy atom. The number of ether oxygens (including phenoxy) is 1. The summed E-state index contributed by atoms with van der Waals surface area (Å²) in [6, 6.07) is 3.75. The summed E-state index contributed by atoms with van der Waals surface area (Å²) in [6.45, 7) is 12.8. The Labute approximate surface area is 232 Å². The highest BCUT2D eigenvalue weighted by Crippen LogP contribution is 2.20. The van der Waals surface area contributed by atoms with Gasteiger partial charge in [0.25, 0.3) is 0 Å². The minimum absolute atomic E-state index is 0.0492. The Balaban J connectivity index is 1.57. The standard InChI is InChI=1S/C29H45N7O3/c1-21-19-32-28(33-20-21)35-25(27(38)39-29(3,4)5)13-17-36(18-15-30-22(2)37)16-7-6-10-24-12-11-23-9-8-14-31-26(23)34-24/h11-12,19-20,25H,6-10,13-18H2,1-5H3,(H,30,37)(H,31,34)(H,32,33,35)/t25-/m0/s1. The van der Waals surface area contributed by atoms with Crippen LogP contribution in [0.2, 0.25) is 0 Å². The van der Waals surface area contributed by atoms with Crippen LogP contribution in [0.3, 0.4) is 0 Å². The fourth-order valence-electron chi connectivity index (χ4n) is 4.43. The zero-order chi connectivity index (χ0) is 28.3. The average Bonchev–Trinajstić information content (AvgIpc) is 2.88. The second kappa shape index (κ2) is 14.8. The van der Waals surface area contributed by atoms with E-state index in [0.29, 0.717) is 32.0 Å². The SMILES string of the molecule is CC(=O)NCCN(CCCCc1ccc2c(n1)NCCC2)CC[C@H](Nc1ncc(C)cn1)C(=O)OC(C)(C)C. The fraction of sp³-hybridized carbons (Fsp3) is 0.621. The summed E-state index contributed by atoms with van der Waals surface area (Å²) < 4.78 is 5.68. The van der Waals surface area contributed by atoms with Crippen LogP contribution < -0.4 is 16.0 Å². The van der Waals surface area contributed by atoms with Gasteiger partial charge in [-0.1, -0.05) is 6.07 Å². The van der Waals surface area contributed by atoms with Crippen LogP contribution in [0, 0.1) is 6.92 Å². The van der Waals surface area contributed by atoms with E-state index in [4.69, 9.17) is 9.72 Å².